The van der Waals surface area contributed by atoms with Crippen molar-refractivity contribution in [3.8, 4) is 5.69 Å². The van der Waals surface area contributed by atoms with Gasteiger partial charge in [-0.2, -0.15) is 4.98 Å². The van der Waals surface area contributed by atoms with Gasteiger partial charge >= 0.3 is 5.97 Å². The molecule has 0 bridgehead atoms. The highest BCUT2D eigenvalue weighted by Crippen LogP contribution is 2.23. The predicted molar refractivity (Wildman–Crippen MR) is 156 cm³/mol. The highest BCUT2D eigenvalue weighted by Gasteiger charge is 2.13. The number of carbonyl (C=O) groups excluding carboxylic acids is 1. The van der Waals surface area contributed by atoms with Crippen molar-refractivity contribution in [1.82, 2.24) is 19.5 Å². The van der Waals surface area contributed by atoms with Crippen molar-refractivity contribution in [3.63, 3.8) is 0 Å². The Balaban J connectivity index is 1.33. The summed E-state index contributed by atoms with van der Waals surface area (Å²) in [5.74, 6) is -0.0935. The molecule has 0 spiro atoms. The van der Waals surface area contributed by atoms with Crippen LogP contribution in [0.4, 0.5) is 0 Å². The third-order valence-corrected chi connectivity index (χ3v) is 7.60. The normalized spacial score (nSPS) is 10.9. The van der Waals surface area contributed by atoms with Crippen molar-refractivity contribution in [2.45, 2.75) is 50.1 Å². The summed E-state index contributed by atoms with van der Waals surface area (Å²) in [5.41, 5.74) is 2.58. The van der Waals surface area contributed by atoms with E-state index in [9.17, 15) is 19.5 Å². The highest BCUT2D eigenvalue weighted by molar-refractivity contribution is 7.99. The summed E-state index contributed by atoms with van der Waals surface area (Å²) in [6.45, 7) is 0. The van der Waals surface area contributed by atoms with E-state index in [1.54, 1.807) is 55.0 Å². The summed E-state index contributed by atoms with van der Waals surface area (Å²) in [7, 11) is 0. The molecule has 0 aliphatic rings. The van der Waals surface area contributed by atoms with Gasteiger partial charge in [0.1, 0.15) is 6.33 Å². The van der Waals surface area contributed by atoms with Gasteiger partial charge in [0.05, 0.1) is 5.56 Å². The van der Waals surface area contributed by atoms with Crippen LogP contribution in [-0.4, -0.2) is 42.1 Å². The number of carboxylic acids is 1. The van der Waals surface area contributed by atoms with E-state index in [2.05, 4.69) is 15.0 Å². The van der Waals surface area contributed by atoms with Crippen LogP contribution < -0.4 is 5.56 Å². The molecule has 0 saturated heterocycles. The molecule has 0 unspecified atom stereocenters. The van der Waals surface area contributed by atoms with E-state index in [4.69, 9.17) is 11.6 Å². The maximum Gasteiger partial charge on any atom is 0.335 e. The number of hydrogen-bond acceptors (Lipinski definition) is 7. The van der Waals surface area contributed by atoms with Crippen molar-refractivity contribution in [3.05, 3.63) is 111 Å². The van der Waals surface area contributed by atoms with Crippen molar-refractivity contribution in [2.24, 2.45) is 0 Å². The first kappa shape index (κ1) is 29.2. The van der Waals surface area contributed by atoms with Gasteiger partial charge in [-0.3, -0.25) is 14.2 Å². The number of ketones is 1. The van der Waals surface area contributed by atoms with Gasteiger partial charge < -0.3 is 5.11 Å². The minimum absolute atomic E-state index is 0.135. The maximum absolute atomic E-state index is 12.9. The minimum atomic E-state index is -1.00. The first-order valence-corrected chi connectivity index (χ1v) is 14.4. The van der Waals surface area contributed by atoms with Gasteiger partial charge in [-0.05, 0) is 66.9 Å². The molecule has 0 aliphatic carbocycles. The number of Topliss-reactive ketones (excluding diaryl/α,β-unsaturated/α-hetero) is 1. The smallest absolute Gasteiger partial charge is 0.335 e. The third kappa shape index (κ3) is 8.34. The highest BCUT2D eigenvalue weighted by atomic mass is 35.5. The van der Waals surface area contributed by atoms with Gasteiger partial charge in [0.25, 0.3) is 5.56 Å². The maximum atomic E-state index is 12.9. The molecule has 2 aromatic heterocycles. The van der Waals surface area contributed by atoms with Crippen LogP contribution in [0.15, 0.2) is 83.4 Å². The van der Waals surface area contributed by atoms with Gasteiger partial charge in [0, 0.05) is 59.0 Å². The molecule has 206 valence electrons. The van der Waals surface area contributed by atoms with E-state index >= 15 is 0 Å². The summed E-state index contributed by atoms with van der Waals surface area (Å²) in [6.07, 6.45) is 12.2. The number of aromatic carboxylic acids is 1. The lowest BCUT2D eigenvalue weighted by Gasteiger charge is -2.14. The Morgan fingerprint density at radius 1 is 0.875 bits per heavy atom. The van der Waals surface area contributed by atoms with Crippen LogP contribution >= 0.6 is 23.4 Å². The Hall–Kier alpha value is -3.82. The Morgan fingerprint density at radius 2 is 1.52 bits per heavy atom. The van der Waals surface area contributed by atoms with Crippen LogP contribution in [0, 0.1) is 0 Å². The van der Waals surface area contributed by atoms with Crippen molar-refractivity contribution in [2.75, 3.05) is 5.75 Å². The molecule has 0 fully saturated rings. The molecule has 0 radical (unpaired) electrons. The average Bonchev–Trinajstić information content (AvgIpc) is 2.96. The monoisotopic (exact) mass is 576 g/mol. The SMILES string of the molecule is O=C(O)c1ccc(-n2cc(Cc3cncnc3)c(=O)nc2SCCCCCCCC(=O)c2ccc(Cl)cc2)cc1. The van der Waals surface area contributed by atoms with Gasteiger partial charge in [-0.15, -0.1) is 0 Å². The number of thioether (sulfide) groups is 1. The zero-order valence-electron chi connectivity index (χ0n) is 21.8. The van der Waals surface area contributed by atoms with Crippen molar-refractivity contribution < 1.29 is 14.7 Å². The van der Waals surface area contributed by atoms with Crippen LogP contribution in [-0.2, 0) is 6.42 Å². The van der Waals surface area contributed by atoms with Crippen LogP contribution in [0.25, 0.3) is 5.69 Å². The first-order chi connectivity index (χ1) is 19.4. The van der Waals surface area contributed by atoms with Crippen LogP contribution in [0.2, 0.25) is 5.02 Å². The summed E-state index contributed by atoms with van der Waals surface area (Å²) in [4.78, 5) is 48.8. The third-order valence-electron chi connectivity index (χ3n) is 6.31. The molecule has 8 nitrogen and oxygen atoms in total. The molecular formula is C30H29ClN4O4S. The quantitative estimate of drug-likeness (QED) is 0.0807. The standard InChI is InChI=1S/C30H29ClN4O4S/c31-25-11-7-22(8-12-25)27(36)6-4-2-1-3-5-15-40-30-34-28(37)24(16-21-17-32-20-33-18-21)19-35(30)26-13-9-23(10-14-26)29(38)39/h7-14,17-20H,1-6,15-16H2,(H,38,39). The lowest BCUT2D eigenvalue weighted by atomic mass is 10.0. The number of halogens is 1. The number of rotatable bonds is 14. The van der Waals surface area contributed by atoms with E-state index in [0.29, 0.717) is 34.1 Å². The molecule has 40 heavy (non-hydrogen) atoms. The van der Waals surface area contributed by atoms with E-state index in [-0.39, 0.29) is 16.9 Å². The molecule has 4 aromatic rings. The van der Waals surface area contributed by atoms with Crippen LogP contribution in [0.5, 0.6) is 0 Å². The molecule has 4 rings (SSSR count). The zero-order valence-corrected chi connectivity index (χ0v) is 23.4. The van der Waals surface area contributed by atoms with E-state index in [1.165, 1.54) is 30.2 Å². The lowest BCUT2D eigenvalue weighted by Crippen LogP contribution is -2.19. The number of unbranched alkanes of at least 4 members (excludes halogenated alkanes) is 4. The van der Waals surface area contributed by atoms with Crippen LogP contribution in [0.1, 0.15) is 70.4 Å². The molecule has 2 aromatic carbocycles. The van der Waals surface area contributed by atoms with E-state index < -0.39 is 5.97 Å². The predicted octanol–water partition coefficient (Wildman–Crippen LogP) is 6.28. The number of nitrogens with zero attached hydrogens (tertiary/aromatic N) is 4. The fourth-order valence-corrected chi connectivity index (χ4v) is 5.26. The zero-order chi connectivity index (χ0) is 28.3. The number of benzene rings is 2. The van der Waals surface area contributed by atoms with Crippen molar-refractivity contribution >= 4 is 35.1 Å². The first-order valence-electron chi connectivity index (χ1n) is 13.0. The van der Waals surface area contributed by atoms with Crippen molar-refractivity contribution in [1.29, 1.82) is 0 Å². The average molecular weight is 577 g/mol. The number of carboxylic acid groups (broad SMARTS) is 1. The topological polar surface area (TPSA) is 115 Å². The molecule has 0 saturated carbocycles. The second kappa shape index (κ2) is 14.5. The number of carbonyl (C=O) groups is 2. The summed E-state index contributed by atoms with van der Waals surface area (Å²) >= 11 is 7.38. The largest absolute Gasteiger partial charge is 0.478 e. The van der Waals surface area contributed by atoms with E-state index in [1.807, 2.05) is 4.57 Å². The Morgan fingerprint density at radius 3 is 2.23 bits per heavy atom. The minimum Gasteiger partial charge on any atom is -0.478 e. The molecule has 0 amide bonds. The molecule has 0 aliphatic heterocycles. The fraction of sp³-hybridized carbons (Fsp3) is 0.267. The second-order valence-corrected chi connectivity index (χ2v) is 10.8. The second-order valence-electron chi connectivity index (χ2n) is 9.30. The summed E-state index contributed by atoms with van der Waals surface area (Å²) < 4.78 is 1.83. The molecule has 10 heteroatoms. The molecule has 0 atom stereocenters. The van der Waals surface area contributed by atoms with Gasteiger partial charge in [0.15, 0.2) is 10.9 Å². The van der Waals surface area contributed by atoms with Gasteiger partial charge in [-0.25, -0.2) is 14.8 Å². The van der Waals surface area contributed by atoms with E-state index in [0.717, 1.165) is 49.1 Å². The molecular weight excluding hydrogens is 548 g/mol. The van der Waals surface area contributed by atoms with Crippen LogP contribution in [0.3, 0.4) is 0 Å². The summed E-state index contributed by atoms with van der Waals surface area (Å²) in [6, 6.07) is 13.5. The van der Waals surface area contributed by atoms with Gasteiger partial charge in [0.2, 0.25) is 0 Å². The summed E-state index contributed by atoms with van der Waals surface area (Å²) in [5, 5.41) is 10.4. The lowest BCUT2D eigenvalue weighted by molar-refractivity contribution is 0.0696. The Bertz CT molecular complexity index is 1490. The fourth-order valence-electron chi connectivity index (χ4n) is 4.15. The molecule has 1 N–H and O–H groups in total. The van der Waals surface area contributed by atoms with Gasteiger partial charge in [-0.1, -0.05) is 42.6 Å². The Labute approximate surface area is 241 Å². The number of aromatic nitrogens is 4. The Kier molecular flexibility index (Phi) is 10.6. The number of hydrogen-bond donors (Lipinski definition) is 1. The molecule has 2 heterocycles.